The lowest BCUT2D eigenvalue weighted by Crippen LogP contribution is -2.55. The first kappa shape index (κ1) is 29.8. The highest BCUT2D eigenvalue weighted by molar-refractivity contribution is 6.31. The predicted octanol–water partition coefficient (Wildman–Crippen LogP) is 5.25. The molecule has 0 bridgehead atoms. The number of nitrogens with zero attached hydrogens (tertiary/aromatic N) is 6. The molecule has 2 aliphatic carbocycles. The number of nitriles is 1. The lowest BCUT2D eigenvalue weighted by molar-refractivity contribution is -0.131. The smallest absolute Gasteiger partial charge is 0.318 e. The fourth-order valence-electron chi connectivity index (χ4n) is 7.59. The summed E-state index contributed by atoms with van der Waals surface area (Å²) in [5.74, 6) is -1.31. The van der Waals surface area contributed by atoms with Gasteiger partial charge in [-0.2, -0.15) is 15.2 Å². The third-order valence-electron chi connectivity index (χ3n) is 10.2. The Morgan fingerprint density at radius 3 is 2.67 bits per heavy atom. The molecule has 0 N–H and O–H groups in total. The van der Waals surface area contributed by atoms with Gasteiger partial charge in [-0.05, 0) is 69.7 Å². The molecule has 4 aliphatic rings. The zero-order chi connectivity index (χ0) is 30.5. The quantitative estimate of drug-likeness (QED) is 0.413. The van der Waals surface area contributed by atoms with Crippen LogP contribution in [0, 0.1) is 11.3 Å². The van der Waals surface area contributed by atoms with Crippen molar-refractivity contribution in [2.24, 2.45) is 0 Å². The van der Waals surface area contributed by atoms with Crippen LogP contribution in [0.25, 0.3) is 0 Å². The van der Waals surface area contributed by atoms with Crippen LogP contribution < -0.4 is 9.64 Å². The monoisotopic (exact) mass is 610 g/mol. The number of amides is 1. The number of carbonyl (C=O) groups excluding carboxylic acids is 1. The summed E-state index contributed by atoms with van der Waals surface area (Å²) >= 11 is 6.53. The van der Waals surface area contributed by atoms with Gasteiger partial charge in [-0.1, -0.05) is 30.3 Å². The SMILES string of the molecule is C=C(F)C(=O)N1CCN(c2nc(OC[C@@H]3CC[C@H](C)N3C)nc3c2CC[C@@]2(CCc4c(Cl)cccc42)[C@H]3F)C[C@@H]1CC#N. The van der Waals surface area contributed by atoms with Crippen molar-refractivity contribution in [1.82, 2.24) is 19.8 Å². The van der Waals surface area contributed by atoms with Crippen molar-refractivity contribution in [1.29, 1.82) is 5.26 Å². The molecule has 2 aromatic rings. The van der Waals surface area contributed by atoms with Crippen LogP contribution in [0.3, 0.4) is 0 Å². The number of ether oxygens (including phenoxy) is 1. The van der Waals surface area contributed by atoms with E-state index in [1.807, 2.05) is 23.1 Å². The maximum atomic E-state index is 17.0. The number of hydrogen-bond acceptors (Lipinski definition) is 7. The number of aromatic nitrogens is 2. The largest absolute Gasteiger partial charge is 0.462 e. The number of halogens is 3. The first-order valence-electron chi connectivity index (χ1n) is 15.1. The zero-order valence-corrected chi connectivity index (χ0v) is 25.4. The van der Waals surface area contributed by atoms with Crippen LogP contribution in [0.5, 0.6) is 6.01 Å². The van der Waals surface area contributed by atoms with Gasteiger partial charge in [-0.3, -0.25) is 9.69 Å². The normalized spacial score (nSPS) is 28.5. The van der Waals surface area contributed by atoms with Crippen molar-refractivity contribution in [3.8, 4) is 12.1 Å². The molecule has 3 heterocycles. The Balaban J connectivity index is 1.37. The Bertz CT molecular complexity index is 1480. The number of carbonyl (C=O) groups is 1. The van der Waals surface area contributed by atoms with Gasteiger partial charge in [0.1, 0.15) is 12.4 Å². The van der Waals surface area contributed by atoms with Crippen molar-refractivity contribution in [3.05, 3.63) is 58.0 Å². The van der Waals surface area contributed by atoms with E-state index < -0.39 is 29.4 Å². The first-order chi connectivity index (χ1) is 20.6. The van der Waals surface area contributed by atoms with E-state index in [0.717, 1.165) is 29.5 Å². The molecule has 43 heavy (non-hydrogen) atoms. The molecule has 1 aromatic carbocycles. The van der Waals surface area contributed by atoms with Gasteiger partial charge in [0.25, 0.3) is 5.91 Å². The lowest BCUT2D eigenvalue weighted by atomic mass is 9.68. The second-order valence-electron chi connectivity index (χ2n) is 12.4. The van der Waals surface area contributed by atoms with Crippen LogP contribution in [0.2, 0.25) is 5.02 Å². The summed E-state index contributed by atoms with van der Waals surface area (Å²) in [6, 6.07) is 8.06. The minimum atomic E-state index is -1.39. The van der Waals surface area contributed by atoms with E-state index in [0.29, 0.717) is 61.4 Å². The summed E-state index contributed by atoms with van der Waals surface area (Å²) in [5, 5.41) is 10.2. The van der Waals surface area contributed by atoms with Gasteiger partial charge >= 0.3 is 6.01 Å². The summed E-state index contributed by atoms with van der Waals surface area (Å²) in [5.41, 5.74) is 2.29. The predicted molar refractivity (Wildman–Crippen MR) is 160 cm³/mol. The third kappa shape index (κ3) is 5.14. The van der Waals surface area contributed by atoms with Crippen molar-refractivity contribution in [3.63, 3.8) is 0 Å². The van der Waals surface area contributed by atoms with Crippen molar-refractivity contribution >= 4 is 23.3 Å². The highest BCUT2D eigenvalue weighted by atomic mass is 35.5. The minimum Gasteiger partial charge on any atom is -0.462 e. The Labute approximate surface area is 256 Å². The first-order valence-corrected chi connectivity index (χ1v) is 15.5. The zero-order valence-electron chi connectivity index (χ0n) is 24.7. The Morgan fingerprint density at radius 2 is 1.98 bits per heavy atom. The number of likely N-dealkylation sites (N-methyl/N-ethyl adjacent to an activating group) is 1. The third-order valence-corrected chi connectivity index (χ3v) is 10.6. The number of piperazine rings is 1. The highest BCUT2D eigenvalue weighted by Crippen LogP contribution is 2.56. The molecule has 2 saturated heterocycles. The summed E-state index contributed by atoms with van der Waals surface area (Å²) in [7, 11) is 2.08. The van der Waals surface area contributed by atoms with Crippen LogP contribution in [0.1, 0.15) is 67.6 Å². The van der Waals surface area contributed by atoms with Crippen LogP contribution in [0.4, 0.5) is 14.6 Å². The molecule has 2 fully saturated rings. The van der Waals surface area contributed by atoms with E-state index >= 15 is 4.39 Å². The Kier molecular flexibility index (Phi) is 8.07. The van der Waals surface area contributed by atoms with E-state index in [4.69, 9.17) is 26.3 Å². The van der Waals surface area contributed by atoms with Gasteiger partial charge in [0.15, 0.2) is 12.0 Å². The maximum absolute atomic E-state index is 17.0. The number of alkyl halides is 1. The standard InChI is InChI=1S/C32H37ClF2N6O2/c1-19-7-8-22(39(19)3)18-43-31-37-27-24(10-13-32(28(27)35)12-9-23-25(32)5-4-6-26(23)33)29(38-31)40-15-16-41(30(42)20(2)34)21(17-40)11-14-36/h4-6,19,21-22,28H,2,7-13,15-18H2,1,3H3/t19-,21-,22-,28-,32+/m0/s1. The highest BCUT2D eigenvalue weighted by Gasteiger charge is 2.51. The second-order valence-corrected chi connectivity index (χ2v) is 12.8. The second kappa shape index (κ2) is 11.7. The van der Waals surface area contributed by atoms with Crippen LogP contribution in [0.15, 0.2) is 30.6 Å². The molecule has 1 aromatic heterocycles. The van der Waals surface area contributed by atoms with Gasteiger partial charge in [-0.15, -0.1) is 0 Å². The van der Waals surface area contributed by atoms with E-state index in [9.17, 15) is 14.4 Å². The lowest BCUT2D eigenvalue weighted by Gasteiger charge is -2.43. The number of hydrogen-bond donors (Lipinski definition) is 0. The molecule has 0 unspecified atom stereocenters. The van der Waals surface area contributed by atoms with E-state index in [-0.39, 0.29) is 31.6 Å². The number of benzene rings is 1. The van der Waals surface area contributed by atoms with Gasteiger partial charge in [0.2, 0.25) is 0 Å². The summed E-state index contributed by atoms with van der Waals surface area (Å²) in [4.78, 5) is 27.7. The average molecular weight is 611 g/mol. The average Bonchev–Trinajstić information content (AvgIpc) is 3.54. The Hall–Kier alpha value is -3.29. The van der Waals surface area contributed by atoms with E-state index in [2.05, 4.69) is 31.5 Å². The summed E-state index contributed by atoms with van der Waals surface area (Å²) in [6.45, 7) is 6.50. The van der Waals surface area contributed by atoms with Crippen molar-refractivity contribution in [2.45, 2.75) is 81.6 Å². The van der Waals surface area contributed by atoms with Gasteiger partial charge in [0.05, 0.1) is 24.2 Å². The van der Waals surface area contributed by atoms with Crippen LogP contribution in [-0.2, 0) is 23.1 Å². The van der Waals surface area contributed by atoms with Gasteiger partial charge in [-0.25, -0.2) is 8.78 Å². The number of likely N-dealkylation sites (tertiary alicyclic amines) is 1. The number of fused-ring (bicyclic) bond motifs is 3. The van der Waals surface area contributed by atoms with Gasteiger partial charge < -0.3 is 14.5 Å². The molecular weight excluding hydrogens is 574 g/mol. The van der Waals surface area contributed by atoms with E-state index in [1.54, 1.807) is 0 Å². The molecule has 6 rings (SSSR count). The molecule has 2 aliphatic heterocycles. The molecule has 5 atom stereocenters. The molecule has 0 saturated carbocycles. The molecule has 228 valence electrons. The maximum Gasteiger partial charge on any atom is 0.318 e. The van der Waals surface area contributed by atoms with Crippen molar-refractivity contribution in [2.75, 3.05) is 38.2 Å². The summed E-state index contributed by atoms with van der Waals surface area (Å²) < 4.78 is 37.0. The molecule has 0 radical (unpaired) electrons. The number of rotatable bonds is 6. The molecule has 1 amide bonds. The van der Waals surface area contributed by atoms with E-state index in [1.165, 1.54) is 4.90 Å². The fourth-order valence-corrected chi connectivity index (χ4v) is 7.86. The number of anilines is 1. The molecule has 11 heteroatoms. The Morgan fingerprint density at radius 1 is 1.21 bits per heavy atom. The van der Waals surface area contributed by atoms with Crippen LogP contribution >= 0.6 is 11.6 Å². The molecule has 1 spiro atoms. The van der Waals surface area contributed by atoms with Gasteiger partial charge in [0, 0.05) is 47.7 Å². The summed E-state index contributed by atoms with van der Waals surface area (Å²) in [6.07, 6.45) is 3.20. The topological polar surface area (TPSA) is 85.6 Å². The molecule has 8 nitrogen and oxygen atoms in total. The van der Waals surface area contributed by atoms with Crippen molar-refractivity contribution < 1.29 is 18.3 Å². The fraction of sp³-hybridized carbons (Fsp3) is 0.562. The van der Waals surface area contributed by atoms with Crippen LogP contribution in [-0.4, -0.2) is 77.1 Å². The molecular formula is C32H37ClF2N6O2. The minimum absolute atomic E-state index is 0.0186.